The number of hydrogen-bond donors (Lipinski definition) is 0. The van der Waals surface area contributed by atoms with E-state index in [1.807, 2.05) is 19.9 Å². The third kappa shape index (κ3) is 2.74. The molecule has 78 valence electrons. The highest BCUT2D eigenvalue weighted by Gasteiger charge is 2.12. The van der Waals surface area contributed by atoms with E-state index >= 15 is 0 Å². The zero-order chi connectivity index (χ0) is 11.4. The Morgan fingerprint density at radius 2 is 2.07 bits per heavy atom. The number of allylic oxidation sites excluding steroid dienone is 1. The van der Waals surface area contributed by atoms with E-state index in [0.717, 1.165) is 11.1 Å². The van der Waals surface area contributed by atoms with E-state index in [4.69, 9.17) is 0 Å². The molecule has 0 aliphatic rings. The zero-order valence-electron chi connectivity index (χ0n) is 8.56. The fourth-order valence-electron chi connectivity index (χ4n) is 1.24. The van der Waals surface area contributed by atoms with Gasteiger partial charge in [0.25, 0.3) is 5.69 Å². The molecule has 0 saturated carbocycles. The Morgan fingerprint density at radius 3 is 2.53 bits per heavy atom. The SMILES string of the molecule is CC(C)=Cc1ccc(C=O)c([N+](=O)[O-])c1. The molecule has 0 unspecified atom stereocenters. The molecule has 0 spiro atoms. The van der Waals surface area contributed by atoms with E-state index in [0.29, 0.717) is 6.29 Å². The first-order valence-electron chi connectivity index (χ1n) is 4.43. The topological polar surface area (TPSA) is 60.2 Å². The van der Waals surface area contributed by atoms with Crippen LogP contribution in [0.5, 0.6) is 0 Å². The van der Waals surface area contributed by atoms with Crippen molar-refractivity contribution in [3.8, 4) is 0 Å². The van der Waals surface area contributed by atoms with E-state index in [1.165, 1.54) is 12.1 Å². The molecule has 1 aromatic rings. The first-order valence-corrected chi connectivity index (χ1v) is 4.43. The minimum absolute atomic E-state index is 0.103. The van der Waals surface area contributed by atoms with Crippen LogP contribution < -0.4 is 0 Å². The Hall–Kier alpha value is -1.97. The standard InChI is InChI=1S/C11H11NO3/c1-8(2)5-9-3-4-10(7-13)11(6-9)12(14)15/h3-7H,1-2H3. The van der Waals surface area contributed by atoms with Crippen molar-refractivity contribution >= 4 is 18.0 Å². The Morgan fingerprint density at radius 1 is 1.40 bits per heavy atom. The van der Waals surface area contributed by atoms with Crippen molar-refractivity contribution in [2.45, 2.75) is 13.8 Å². The second kappa shape index (κ2) is 4.50. The molecule has 0 aliphatic carbocycles. The Balaban J connectivity index is 3.28. The summed E-state index contributed by atoms with van der Waals surface area (Å²) >= 11 is 0. The minimum Gasteiger partial charge on any atom is -0.298 e. The smallest absolute Gasteiger partial charge is 0.280 e. The number of hydrogen-bond acceptors (Lipinski definition) is 3. The summed E-state index contributed by atoms with van der Waals surface area (Å²) in [4.78, 5) is 20.6. The van der Waals surface area contributed by atoms with Gasteiger partial charge in [0, 0.05) is 6.07 Å². The third-order valence-corrected chi connectivity index (χ3v) is 1.83. The van der Waals surface area contributed by atoms with Gasteiger partial charge in [0.15, 0.2) is 6.29 Å². The van der Waals surface area contributed by atoms with Gasteiger partial charge >= 0.3 is 0 Å². The summed E-state index contributed by atoms with van der Waals surface area (Å²) in [6.45, 7) is 3.80. The molecule has 0 N–H and O–H groups in total. The largest absolute Gasteiger partial charge is 0.298 e. The first-order chi connectivity index (χ1) is 7.04. The molecular weight excluding hydrogens is 194 g/mol. The molecule has 0 atom stereocenters. The maximum absolute atomic E-state index is 10.6. The molecule has 0 heterocycles. The predicted octanol–water partition coefficient (Wildman–Crippen LogP) is 2.83. The second-order valence-corrected chi connectivity index (χ2v) is 3.41. The number of carbonyl (C=O) groups is 1. The number of rotatable bonds is 3. The molecule has 0 radical (unpaired) electrons. The summed E-state index contributed by atoms with van der Waals surface area (Å²) < 4.78 is 0. The van der Waals surface area contributed by atoms with Gasteiger partial charge in [0.1, 0.15) is 0 Å². The molecule has 0 bridgehead atoms. The van der Waals surface area contributed by atoms with Crippen LogP contribution in [0.4, 0.5) is 5.69 Å². The van der Waals surface area contributed by atoms with Crippen LogP contribution in [0, 0.1) is 10.1 Å². The molecule has 4 heteroatoms. The van der Waals surface area contributed by atoms with Gasteiger partial charge in [-0.25, -0.2) is 0 Å². The highest BCUT2D eigenvalue weighted by molar-refractivity contribution is 5.82. The molecule has 0 aliphatic heterocycles. The van der Waals surface area contributed by atoms with E-state index in [1.54, 1.807) is 6.07 Å². The summed E-state index contributed by atoms with van der Waals surface area (Å²) in [6, 6.07) is 4.54. The minimum atomic E-state index is -0.550. The fraction of sp³-hybridized carbons (Fsp3) is 0.182. The molecule has 0 fully saturated rings. The lowest BCUT2D eigenvalue weighted by molar-refractivity contribution is -0.385. The van der Waals surface area contributed by atoms with Gasteiger partial charge < -0.3 is 0 Å². The number of nitro groups is 1. The van der Waals surface area contributed by atoms with E-state index in [9.17, 15) is 14.9 Å². The van der Waals surface area contributed by atoms with Gasteiger partial charge in [-0.2, -0.15) is 0 Å². The Bertz CT molecular complexity index is 431. The lowest BCUT2D eigenvalue weighted by Gasteiger charge is -1.98. The average molecular weight is 205 g/mol. The summed E-state index contributed by atoms with van der Waals surface area (Å²) in [7, 11) is 0. The Kier molecular flexibility index (Phi) is 3.33. The van der Waals surface area contributed by atoms with Crippen LogP contribution in [0.3, 0.4) is 0 Å². The van der Waals surface area contributed by atoms with Crippen molar-refractivity contribution in [3.63, 3.8) is 0 Å². The van der Waals surface area contributed by atoms with Gasteiger partial charge in [0.05, 0.1) is 10.5 Å². The normalized spacial score (nSPS) is 9.47. The second-order valence-electron chi connectivity index (χ2n) is 3.41. The molecule has 15 heavy (non-hydrogen) atoms. The molecule has 4 nitrogen and oxygen atoms in total. The van der Waals surface area contributed by atoms with Crippen LogP contribution in [0.1, 0.15) is 29.8 Å². The van der Waals surface area contributed by atoms with Crippen molar-refractivity contribution in [2.75, 3.05) is 0 Å². The maximum atomic E-state index is 10.6. The van der Waals surface area contributed by atoms with Gasteiger partial charge in [0.2, 0.25) is 0 Å². The number of benzene rings is 1. The van der Waals surface area contributed by atoms with Crippen LogP contribution in [-0.2, 0) is 0 Å². The molecule has 0 saturated heterocycles. The van der Waals surface area contributed by atoms with Crippen molar-refractivity contribution in [1.29, 1.82) is 0 Å². The summed E-state index contributed by atoms with van der Waals surface area (Å²) in [5, 5.41) is 10.6. The number of nitrogens with zero attached hydrogens (tertiary/aromatic N) is 1. The van der Waals surface area contributed by atoms with Gasteiger partial charge in [-0.3, -0.25) is 14.9 Å². The Labute approximate surface area is 87.4 Å². The number of aldehydes is 1. The number of nitro benzene ring substituents is 1. The summed E-state index contributed by atoms with van der Waals surface area (Å²) in [5.41, 5.74) is 1.72. The van der Waals surface area contributed by atoms with Gasteiger partial charge in [-0.15, -0.1) is 0 Å². The molecular formula is C11H11NO3. The maximum Gasteiger partial charge on any atom is 0.280 e. The van der Waals surface area contributed by atoms with Crippen molar-refractivity contribution in [1.82, 2.24) is 0 Å². The van der Waals surface area contributed by atoms with Crippen LogP contribution in [0.25, 0.3) is 6.08 Å². The molecule has 1 rings (SSSR count). The highest BCUT2D eigenvalue weighted by atomic mass is 16.6. The van der Waals surface area contributed by atoms with Crippen LogP contribution >= 0.6 is 0 Å². The monoisotopic (exact) mass is 205 g/mol. The predicted molar refractivity (Wildman–Crippen MR) is 57.8 cm³/mol. The van der Waals surface area contributed by atoms with E-state index < -0.39 is 4.92 Å². The van der Waals surface area contributed by atoms with Crippen LogP contribution in [0.15, 0.2) is 23.8 Å². The highest BCUT2D eigenvalue weighted by Crippen LogP contribution is 2.20. The van der Waals surface area contributed by atoms with E-state index in [-0.39, 0.29) is 11.3 Å². The molecule has 0 aromatic heterocycles. The van der Waals surface area contributed by atoms with Gasteiger partial charge in [-0.05, 0) is 25.5 Å². The lowest BCUT2D eigenvalue weighted by atomic mass is 10.1. The van der Waals surface area contributed by atoms with Crippen LogP contribution in [0.2, 0.25) is 0 Å². The number of carbonyl (C=O) groups excluding carboxylic acids is 1. The zero-order valence-corrected chi connectivity index (χ0v) is 8.56. The van der Waals surface area contributed by atoms with Gasteiger partial charge in [-0.1, -0.05) is 17.7 Å². The summed E-state index contributed by atoms with van der Waals surface area (Å²) in [6.07, 6.45) is 2.31. The lowest BCUT2D eigenvalue weighted by Crippen LogP contribution is -1.94. The average Bonchev–Trinajstić information content (AvgIpc) is 2.16. The van der Waals surface area contributed by atoms with Crippen molar-refractivity contribution in [3.05, 3.63) is 45.0 Å². The first kappa shape index (κ1) is 11.1. The van der Waals surface area contributed by atoms with Crippen molar-refractivity contribution in [2.24, 2.45) is 0 Å². The third-order valence-electron chi connectivity index (χ3n) is 1.83. The van der Waals surface area contributed by atoms with Crippen molar-refractivity contribution < 1.29 is 9.72 Å². The quantitative estimate of drug-likeness (QED) is 0.433. The van der Waals surface area contributed by atoms with E-state index in [2.05, 4.69) is 0 Å². The summed E-state index contributed by atoms with van der Waals surface area (Å²) in [5.74, 6) is 0. The van der Waals surface area contributed by atoms with Crippen LogP contribution in [-0.4, -0.2) is 11.2 Å². The fourth-order valence-corrected chi connectivity index (χ4v) is 1.24. The molecule has 1 aromatic carbocycles. The molecule has 0 amide bonds.